The van der Waals surface area contributed by atoms with Gasteiger partial charge in [0.05, 0.1) is 24.9 Å². The normalized spacial score (nSPS) is 12.4. The largest absolute Gasteiger partial charge is 0.501 e. The minimum absolute atomic E-state index is 0.133. The molecule has 0 aliphatic rings. The number of ether oxygens (including phenoxy) is 2. The van der Waals surface area contributed by atoms with Crippen LogP contribution in [0.4, 0.5) is 0 Å². The van der Waals surface area contributed by atoms with E-state index in [2.05, 4.69) is 13.0 Å². The maximum atomic E-state index is 11.5. The van der Waals surface area contributed by atoms with Gasteiger partial charge in [0.25, 0.3) is 0 Å². The van der Waals surface area contributed by atoms with Crippen LogP contribution < -0.4 is 0 Å². The third kappa shape index (κ3) is 9.57. The molecular weight excluding hydrogens is 240 g/mol. The fourth-order valence-corrected chi connectivity index (χ4v) is 1.56. The van der Waals surface area contributed by atoms with Gasteiger partial charge in [-0.05, 0) is 46.1 Å². The summed E-state index contributed by atoms with van der Waals surface area (Å²) in [5.74, 6) is 0.919. The van der Waals surface area contributed by atoms with Gasteiger partial charge in [-0.3, -0.25) is 4.79 Å². The second-order valence-corrected chi connectivity index (χ2v) is 5.86. The summed E-state index contributed by atoms with van der Waals surface area (Å²) in [4.78, 5) is 11.5. The van der Waals surface area contributed by atoms with Gasteiger partial charge < -0.3 is 9.47 Å². The van der Waals surface area contributed by atoms with Gasteiger partial charge in [0.1, 0.15) is 0 Å². The Balaban J connectivity index is 3.78. The summed E-state index contributed by atoms with van der Waals surface area (Å²) in [6, 6.07) is 0. The van der Waals surface area contributed by atoms with E-state index in [0.717, 1.165) is 25.0 Å². The number of hydrogen-bond donors (Lipinski definition) is 0. The summed E-state index contributed by atoms with van der Waals surface area (Å²) in [5, 5.41) is 0. The molecule has 3 heteroatoms. The topological polar surface area (TPSA) is 35.5 Å². The van der Waals surface area contributed by atoms with Crippen LogP contribution in [0.1, 0.15) is 66.2 Å². The van der Waals surface area contributed by atoms with E-state index in [9.17, 15) is 4.79 Å². The lowest BCUT2D eigenvalue weighted by Crippen LogP contribution is -2.23. The van der Waals surface area contributed by atoms with Crippen LogP contribution >= 0.6 is 0 Å². The Morgan fingerprint density at radius 2 is 1.84 bits per heavy atom. The summed E-state index contributed by atoms with van der Waals surface area (Å²) in [6.45, 7) is 8.28. The Labute approximate surface area is 118 Å². The van der Waals surface area contributed by atoms with E-state index in [1.807, 2.05) is 20.8 Å². The lowest BCUT2D eigenvalue weighted by molar-refractivity contribution is -0.153. The zero-order valence-electron chi connectivity index (χ0n) is 13.3. The molecule has 0 saturated carbocycles. The molecule has 0 spiro atoms. The zero-order valence-corrected chi connectivity index (χ0v) is 13.3. The van der Waals surface area contributed by atoms with E-state index >= 15 is 0 Å². The molecule has 0 aromatic heterocycles. The van der Waals surface area contributed by atoms with Crippen LogP contribution in [0, 0.1) is 5.41 Å². The first kappa shape index (κ1) is 18.0. The van der Waals surface area contributed by atoms with Crippen molar-refractivity contribution < 1.29 is 14.3 Å². The van der Waals surface area contributed by atoms with E-state index in [4.69, 9.17) is 9.47 Å². The first-order valence-corrected chi connectivity index (χ1v) is 7.32. The number of hydrogen-bond acceptors (Lipinski definition) is 3. The van der Waals surface area contributed by atoms with Crippen molar-refractivity contribution in [2.45, 2.75) is 66.2 Å². The fourth-order valence-electron chi connectivity index (χ4n) is 1.56. The van der Waals surface area contributed by atoms with Crippen molar-refractivity contribution in [1.82, 2.24) is 0 Å². The van der Waals surface area contributed by atoms with E-state index < -0.39 is 5.41 Å². The van der Waals surface area contributed by atoms with Crippen molar-refractivity contribution >= 4 is 5.97 Å². The van der Waals surface area contributed by atoms with Crippen LogP contribution in [0.25, 0.3) is 0 Å². The summed E-state index contributed by atoms with van der Waals surface area (Å²) >= 11 is 0. The number of rotatable bonds is 9. The third-order valence-electron chi connectivity index (χ3n) is 2.85. The summed E-state index contributed by atoms with van der Waals surface area (Å²) in [7, 11) is 1.72. The van der Waals surface area contributed by atoms with E-state index in [1.165, 1.54) is 19.3 Å². The van der Waals surface area contributed by atoms with Gasteiger partial charge in [-0.1, -0.05) is 19.8 Å². The van der Waals surface area contributed by atoms with Crippen molar-refractivity contribution in [3.8, 4) is 0 Å². The molecule has 0 N–H and O–H groups in total. The van der Waals surface area contributed by atoms with Crippen molar-refractivity contribution in [2.24, 2.45) is 5.41 Å². The molecule has 0 rings (SSSR count). The fraction of sp³-hybridized carbons (Fsp3) is 0.812. The Morgan fingerprint density at radius 1 is 1.16 bits per heavy atom. The summed E-state index contributed by atoms with van der Waals surface area (Å²) in [6.07, 6.45) is 8.50. The van der Waals surface area contributed by atoms with Crippen molar-refractivity contribution in [2.75, 3.05) is 13.7 Å². The van der Waals surface area contributed by atoms with Crippen LogP contribution in [-0.4, -0.2) is 19.7 Å². The molecule has 0 unspecified atom stereocenters. The maximum absolute atomic E-state index is 11.5. The van der Waals surface area contributed by atoms with Gasteiger partial charge in [0, 0.05) is 6.42 Å². The maximum Gasteiger partial charge on any atom is 0.311 e. The second kappa shape index (κ2) is 9.88. The molecule has 3 nitrogen and oxygen atoms in total. The van der Waals surface area contributed by atoms with Crippen molar-refractivity contribution in [1.29, 1.82) is 0 Å². The van der Waals surface area contributed by atoms with Gasteiger partial charge in [-0.25, -0.2) is 0 Å². The first-order chi connectivity index (χ1) is 8.91. The molecule has 0 aliphatic heterocycles. The van der Waals surface area contributed by atoms with Crippen LogP contribution in [0.3, 0.4) is 0 Å². The van der Waals surface area contributed by atoms with Gasteiger partial charge in [0.15, 0.2) is 0 Å². The monoisotopic (exact) mass is 270 g/mol. The number of carbonyl (C=O) groups excluding carboxylic acids is 1. The third-order valence-corrected chi connectivity index (χ3v) is 2.85. The molecule has 0 aromatic rings. The minimum Gasteiger partial charge on any atom is -0.501 e. The van der Waals surface area contributed by atoms with E-state index in [1.54, 1.807) is 7.11 Å². The average Bonchev–Trinajstić information content (AvgIpc) is 2.35. The molecule has 0 saturated heterocycles. The predicted octanol–water partition coefficient (Wildman–Crippen LogP) is 4.47. The van der Waals surface area contributed by atoms with Gasteiger partial charge in [-0.2, -0.15) is 0 Å². The quantitative estimate of drug-likeness (QED) is 0.352. The highest BCUT2D eigenvalue weighted by atomic mass is 16.5. The molecule has 0 aromatic carbocycles. The Bertz CT molecular complexity index is 274. The molecule has 0 atom stereocenters. The molecule has 0 aliphatic carbocycles. The van der Waals surface area contributed by atoms with E-state index in [-0.39, 0.29) is 5.97 Å². The molecule has 0 fully saturated rings. The van der Waals surface area contributed by atoms with Crippen LogP contribution in [0.2, 0.25) is 0 Å². The first-order valence-electron chi connectivity index (χ1n) is 7.32. The molecule has 0 heterocycles. The highest BCUT2D eigenvalue weighted by Gasteiger charge is 2.22. The highest BCUT2D eigenvalue weighted by molar-refractivity contribution is 5.75. The van der Waals surface area contributed by atoms with Crippen molar-refractivity contribution in [3.63, 3.8) is 0 Å². The van der Waals surface area contributed by atoms with Crippen molar-refractivity contribution in [3.05, 3.63) is 11.8 Å². The summed E-state index contributed by atoms with van der Waals surface area (Å²) in [5.41, 5.74) is -0.409. The molecule has 0 radical (unpaired) electrons. The smallest absolute Gasteiger partial charge is 0.311 e. The molecular formula is C16H30O3. The number of allylic oxidation sites excluding steroid dienone is 2. The molecule has 112 valence electrons. The second-order valence-electron chi connectivity index (χ2n) is 5.86. The lowest BCUT2D eigenvalue weighted by Gasteiger charge is -2.16. The van der Waals surface area contributed by atoms with Crippen LogP contribution in [0.5, 0.6) is 0 Å². The number of methoxy groups -OCH3 is 1. The Hall–Kier alpha value is -0.990. The summed E-state index contributed by atoms with van der Waals surface area (Å²) < 4.78 is 10.5. The average molecular weight is 270 g/mol. The highest BCUT2D eigenvalue weighted by Crippen LogP contribution is 2.15. The van der Waals surface area contributed by atoms with Crippen LogP contribution in [-0.2, 0) is 14.3 Å². The van der Waals surface area contributed by atoms with Gasteiger partial charge >= 0.3 is 5.97 Å². The zero-order chi connectivity index (χ0) is 14.7. The number of carbonyl (C=O) groups is 1. The standard InChI is InChI=1S/C16H30O3/c1-6-7-8-11-14(18-5)12-9-10-13-19-15(17)16(2,3)4/h12H,6-11,13H2,1-5H3/b14-12-. The number of unbranched alkanes of at least 4 members (excludes halogenated alkanes) is 3. The Morgan fingerprint density at radius 3 is 2.37 bits per heavy atom. The Kier molecular flexibility index (Phi) is 9.36. The lowest BCUT2D eigenvalue weighted by atomic mass is 9.97. The van der Waals surface area contributed by atoms with Gasteiger partial charge in [-0.15, -0.1) is 0 Å². The van der Waals surface area contributed by atoms with E-state index in [0.29, 0.717) is 6.61 Å². The van der Waals surface area contributed by atoms with Crippen LogP contribution in [0.15, 0.2) is 11.8 Å². The predicted molar refractivity (Wildman–Crippen MR) is 78.9 cm³/mol. The SMILES string of the molecule is CCCCC/C(=C/CCCOC(=O)C(C)(C)C)OC. The molecule has 19 heavy (non-hydrogen) atoms. The minimum atomic E-state index is -0.409. The molecule has 0 amide bonds. The van der Waals surface area contributed by atoms with Gasteiger partial charge in [0.2, 0.25) is 0 Å². The molecule has 0 bridgehead atoms. The number of esters is 1.